The molecule has 3 heterocycles. The van der Waals surface area contributed by atoms with Gasteiger partial charge in [0.15, 0.2) is 0 Å². The third kappa shape index (κ3) is 4.10. The summed E-state index contributed by atoms with van der Waals surface area (Å²) < 4.78 is 25.1. The number of methoxy groups -OCH3 is 1. The Morgan fingerprint density at radius 2 is 1.88 bits per heavy atom. The molecular formula is C28H27FN2O3. The molecule has 1 aliphatic heterocycles. The SMILES string of the molecule is COc1cc(CCc2cc3c(c(-c4ccc(F)cc4)n2)OCC3C)cc2cc(CO)c(C)nc12. The number of fused-ring (bicyclic) bond motifs is 2. The van der Waals surface area contributed by atoms with Gasteiger partial charge in [0.05, 0.1) is 20.3 Å². The van der Waals surface area contributed by atoms with E-state index < -0.39 is 0 Å². The lowest BCUT2D eigenvalue weighted by Crippen LogP contribution is -2.01. The van der Waals surface area contributed by atoms with Crippen molar-refractivity contribution in [1.82, 2.24) is 9.97 Å². The average molecular weight is 459 g/mol. The first-order valence-electron chi connectivity index (χ1n) is 11.5. The largest absolute Gasteiger partial charge is 0.494 e. The van der Waals surface area contributed by atoms with E-state index in [1.165, 1.54) is 12.1 Å². The van der Waals surface area contributed by atoms with Crippen molar-refractivity contribution in [3.05, 3.63) is 82.4 Å². The first-order valence-corrected chi connectivity index (χ1v) is 11.5. The Labute approximate surface area is 198 Å². The molecule has 0 spiro atoms. The standard InChI is InChI=1S/C28H27FN2O3/c1-16-15-34-28-24(16)13-23(31-27(28)19-5-7-22(29)8-6-19)9-4-18-10-20-12-21(14-32)17(2)30-26(20)25(11-18)33-3/h5-8,10-13,16,32H,4,9,14-15H2,1-3H3. The van der Waals surface area contributed by atoms with Gasteiger partial charge in [-0.25, -0.2) is 14.4 Å². The van der Waals surface area contributed by atoms with Crippen LogP contribution >= 0.6 is 0 Å². The van der Waals surface area contributed by atoms with Crippen LogP contribution in [0.3, 0.4) is 0 Å². The summed E-state index contributed by atoms with van der Waals surface area (Å²) in [6.07, 6.45) is 1.49. The second-order valence-electron chi connectivity index (χ2n) is 8.86. The molecule has 1 atom stereocenters. The van der Waals surface area contributed by atoms with Crippen LogP contribution in [0.2, 0.25) is 0 Å². The van der Waals surface area contributed by atoms with Gasteiger partial charge in [-0.3, -0.25) is 0 Å². The van der Waals surface area contributed by atoms with E-state index in [2.05, 4.69) is 24.0 Å². The summed E-state index contributed by atoms with van der Waals surface area (Å²) in [7, 11) is 1.65. The quantitative estimate of drug-likeness (QED) is 0.412. The highest BCUT2D eigenvalue weighted by Crippen LogP contribution is 2.41. The minimum atomic E-state index is -0.273. The van der Waals surface area contributed by atoms with Gasteiger partial charge < -0.3 is 14.6 Å². The number of nitrogens with zero attached hydrogens (tertiary/aromatic N) is 2. The molecule has 5 nitrogen and oxygen atoms in total. The number of hydrogen-bond acceptors (Lipinski definition) is 5. The van der Waals surface area contributed by atoms with Gasteiger partial charge in [-0.05, 0) is 79.4 Å². The molecule has 5 rings (SSSR count). The normalized spacial score (nSPS) is 14.8. The second-order valence-corrected chi connectivity index (χ2v) is 8.86. The van der Waals surface area contributed by atoms with Gasteiger partial charge in [-0.1, -0.05) is 6.92 Å². The Morgan fingerprint density at radius 3 is 2.62 bits per heavy atom. The van der Waals surface area contributed by atoms with Crippen molar-refractivity contribution in [2.45, 2.75) is 39.2 Å². The number of pyridine rings is 2. The molecule has 0 amide bonds. The highest BCUT2D eigenvalue weighted by Gasteiger charge is 2.26. The van der Waals surface area contributed by atoms with Crippen LogP contribution in [0, 0.1) is 12.7 Å². The van der Waals surface area contributed by atoms with E-state index in [4.69, 9.17) is 14.5 Å². The lowest BCUT2D eigenvalue weighted by molar-refractivity contribution is 0.280. The molecule has 1 N–H and O–H groups in total. The molecule has 0 saturated carbocycles. The maximum absolute atomic E-state index is 13.5. The Kier molecular flexibility index (Phi) is 5.92. The fourth-order valence-corrected chi connectivity index (χ4v) is 4.54. The van der Waals surface area contributed by atoms with Crippen LogP contribution in [-0.4, -0.2) is 28.8 Å². The molecule has 2 aromatic carbocycles. The summed E-state index contributed by atoms with van der Waals surface area (Å²) in [6.45, 7) is 4.61. The fourth-order valence-electron chi connectivity index (χ4n) is 4.54. The molecule has 4 aromatic rings. The molecule has 34 heavy (non-hydrogen) atoms. The highest BCUT2D eigenvalue weighted by molar-refractivity contribution is 5.86. The first kappa shape index (κ1) is 22.3. The van der Waals surface area contributed by atoms with E-state index in [1.54, 1.807) is 19.2 Å². The minimum Gasteiger partial charge on any atom is -0.494 e. The number of benzene rings is 2. The number of aromatic nitrogens is 2. The summed E-state index contributed by atoms with van der Waals surface area (Å²) in [5, 5.41) is 10.6. The van der Waals surface area contributed by atoms with E-state index in [-0.39, 0.29) is 18.3 Å². The van der Waals surface area contributed by atoms with Crippen LogP contribution < -0.4 is 9.47 Å². The summed E-state index contributed by atoms with van der Waals surface area (Å²) in [5.41, 5.74) is 7.23. The number of aliphatic hydroxyl groups excluding tert-OH is 1. The number of ether oxygens (including phenoxy) is 2. The molecule has 0 aliphatic carbocycles. The van der Waals surface area contributed by atoms with Gasteiger partial charge in [0.2, 0.25) is 0 Å². The summed E-state index contributed by atoms with van der Waals surface area (Å²) in [5.74, 6) is 1.53. The molecule has 1 aliphatic rings. The predicted molar refractivity (Wildman–Crippen MR) is 130 cm³/mol. The zero-order valence-corrected chi connectivity index (χ0v) is 19.6. The van der Waals surface area contributed by atoms with Gasteiger partial charge in [-0.15, -0.1) is 0 Å². The molecule has 0 saturated heterocycles. The van der Waals surface area contributed by atoms with Crippen LogP contribution in [0.1, 0.15) is 40.9 Å². The van der Waals surface area contributed by atoms with Crippen molar-refractivity contribution in [2.24, 2.45) is 0 Å². The molecule has 174 valence electrons. The number of rotatable bonds is 6. The number of aryl methyl sites for hydroxylation is 3. The number of halogens is 1. The van der Waals surface area contributed by atoms with Gasteiger partial charge >= 0.3 is 0 Å². The van der Waals surface area contributed by atoms with Gasteiger partial charge in [0.25, 0.3) is 0 Å². The Hall–Kier alpha value is -3.51. The summed E-state index contributed by atoms with van der Waals surface area (Å²) in [6, 6.07) is 14.6. The van der Waals surface area contributed by atoms with Crippen LogP contribution in [0.15, 0.2) is 48.5 Å². The highest BCUT2D eigenvalue weighted by atomic mass is 19.1. The zero-order chi connectivity index (χ0) is 23.8. The third-order valence-electron chi connectivity index (χ3n) is 6.48. The zero-order valence-electron chi connectivity index (χ0n) is 19.6. The van der Waals surface area contributed by atoms with Crippen LogP contribution in [-0.2, 0) is 19.4 Å². The van der Waals surface area contributed by atoms with Crippen LogP contribution in [0.5, 0.6) is 11.5 Å². The minimum absolute atomic E-state index is 0.0488. The Bertz CT molecular complexity index is 1370. The van der Waals surface area contributed by atoms with E-state index in [0.29, 0.717) is 6.61 Å². The van der Waals surface area contributed by atoms with Crippen molar-refractivity contribution in [3.8, 4) is 22.8 Å². The van der Waals surface area contributed by atoms with Crippen molar-refractivity contribution >= 4 is 10.9 Å². The second kappa shape index (κ2) is 9.03. The molecular weight excluding hydrogens is 431 g/mol. The Balaban J connectivity index is 1.49. The van der Waals surface area contributed by atoms with Crippen molar-refractivity contribution < 1.29 is 19.0 Å². The molecule has 0 bridgehead atoms. The maximum Gasteiger partial charge on any atom is 0.149 e. The van der Waals surface area contributed by atoms with E-state index in [9.17, 15) is 9.50 Å². The summed E-state index contributed by atoms with van der Waals surface area (Å²) >= 11 is 0. The van der Waals surface area contributed by atoms with Gasteiger partial charge in [0, 0.05) is 33.8 Å². The predicted octanol–water partition coefficient (Wildman–Crippen LogP) is 5.53. The first-order chi connectivity index (χ1) is 16.5. The van der Waals surface area contributed by atoms with Crippen molar-refractivity contribution in [2.75, 3.05) is 13.7 Å². The van der Waals surface area contributed by atoms with E-state index >= 15 is 0 Å². The molecule has 0 fully saturated rings. The number of hydrogen-bond donors (Lipinski definition) is 1. The van der Waals surface area contributed by atoms with Crippen LogP contribution in [0.25, 0.3) is 22.2 Å². The Morgan fingerprint density at radius 1 is 1.09 bits per heavy atom. The van der Waals surface area contributed by atoms with Crippen molar-refractivity contribution in [3.63, 3.8) is 0 Å². The lowest BCUT2D eigenvalue weighted by atomic mass is 9.97. The lowest BCUT2D eigenvalue weighted by Gasteiger charge is -2.13. The van der Waals surface area contributed by atoms with Gasteiger partial charge in [0.1, 0.15) is 28.5 Å². The third-order valence-corrected chi connectivity index (χ3v) is 6.48. The monoisotopic (exact) mass is 458 g/mol. The van der Waals surface area contributed by atoms with Crippen molar-refractivity contribution in [1.29, 1.82) is 0 Å². The van der Waals surface area contributed by atoms with E-state index in [1.807, 2.05) is 19.1 Å². The topological polar surface area (TPSA) is 64.5 Å². The average Bonchev–Trinajstić information content (AvgIpc) is 3.22. The molecule has 1 unspecified atom stereocenters. The summed E-state index contributed by atoms with van der Waals surface area (Å²) in [4.78, 5) is 9.55. The maximum atomic E-state index is 13.5. The fraction of sp³-hybridized carbons (Fsp3) is 0.286. The van der Waals surface area contributed by atoms with Crippen LogP contribution in [0.4, 0.5) is 4.39 Å². The van der Waals surface area contributed by atoms with E-state index in [0.717, 1.165) is 74.6 Å². The molecule has 2 aromatic heterocycles. The number of aliphatic hydroxyl groups is 1. The molecule has 0 radical (unpaired) electrons. The molecule has 6 heteroatoms. The smallest absolute Gasteiger partial charge is 0.149 e. The van der Waals surface area contributed by atoms with Gasteiger partial charge in [-0.2, -0.15) is 0 Å².